The van der Waals surface area contributed by atoms with Gasteiger partial charge in [0.15, 0.2) is 30.2 Å². The summed E-state index contributed by atoms with van der Waals surface area (Å²) in [6, 6.07) is 13.7. The molecule has 9 nitrogen and oxygen atoms in total. The quantitative estimate of drug-likeness (QED) is 0.244. The van der Waals surface area contributed by atoms with Crippen molar-refractivity contribution in [2.75, 3.05) is 18.4 Å². The number of aromatic nitrogens is 1. The van der Waals surface area contributed by atoms with Crippen molar-refractivity contribution < 1.29 is 29.3 Å². The smallest absolute Gasteiger partial charge is 0.255 e. The van der Waals surface area contributed by atoms with Crippen LogP contribution >= 0.6 is 0 Å². The number of para-hydroxylation sites is 1. The van der Waals surface area contributed by atoms with Gasteiger partial charge in [0.1, 0.15) is 0 Å². The lowest BCUT2D eigenvalue weighted by atomic mass is 9.49. The summed E-state index contributed by atoms with van der Waals surface area (Å²) in [5.41, 5.74) is 4.01. The summed E-state index contributed by atoms with van der Waals surface area (Å²) >= 11 is 0. The van der Waals surface area contributed by atoms with Crippen LogP contribution in [0.5, 0.6) is 11.5 Å². The Kier molecular flexibility index (Phi) is 5.20. The van der Waals surface area contributed by atoms with E-state index in [0.29, 0.717) is 42.8 Å². The first kappa shape index (κ1) is 26.0. The van der Waals surface area contributed by atoms with Gasteiger partial charge in [-0.3, -0.25) is 19.3 Å². The lowest BCUT2D eigenvalue weighted by molar-refractivity contribution is -0.173. The van der Waals surface area contributed by atoms with E-state index in [1.165, 1.54) is 31.0 Å². The summed E-state index contributed by atoms with van der Waals surface area (Å²) in [5.74, 6) is 0.845. The Morgan fingerprint density at radius 3 is 2.75 bits per heavy atom. The minimum atomic E-state index is -1.11. The van der Waals surface area contributed by atoms with Gasteiger partial charge in [-0.15, -0.1) is 0 Å². The molecule has 9 heteroatoms. The molecule has 1 amide bonds. The standard InChI is InChI=1S/C35H31N3O6/c39-16-21-7-6-20(12-22(21)17-40)33(42)36-25-3-1-2-23-24-14-35(43)27-13-19-8-9-26(41)31-28(19)34(35,10-11-38(27)15-18-4-5-18)32(44-31)30(24)37-29(23)25/h1-3,6-9,12,16-18,27,32,37,41,43H,4-5,10-11,13-15H2,(H,36,42)/t27-,32-,34-,35+/m0/s1. The van der Waals surface area contributed by atoms with Gasteiger partial charge in [-0.05, 0) is 73.5 Å². The van der Waals surface area contributed by atoms with Crippen LogP contribution in [0.2, 0.25) is 0 Å². The topological polar surface area (TPSA) is 132 Å². The number of H-pyrrole nitrogens is 1. The maximum atomic E-state index is 13.3. The number of piperidine rings is 1. The van der Waals surface area contributed by atoms with E-state index < -0.39 is 23.0 Å². The third-order valence-corrected chi connectivity index (χ3v) is 11.0. The highest BCUT2D eigenvalue weighted by molar-refractivity contribution is 6.10. The molecule has 2 bridgehead atoms. The van der Waals surface area contributed by atoms with Crippen LogP contribution in [0.15, 0.2) is 48.5 Å². The Bertz CT molecular complexity index is 1940. The van der Waals surface area contributed by atoms with Crippen LogP contribution in [0.4, 0.5) is 5.69 Å². The number of rotatable bonds is 6. The highest BCUT2D eigenvalue weighted by Gasteiger charge is 2.72. The number of carbonyl (C=O) groups excluding carboxylic acids is 3. The Morgan fingerprint density at radius 2 is 1.95 bits per heavy atom. The maximum Gasteiger partial charge on any atom is 0.255 e. The number of nitrogens with one attached hydrogen (secondary N) is 2. The monoisotopic (exact) mass is 589 g/mol. The van der Waals surface area contributed by atoms with E-state index in [-0.39, 0.29) is 28.5 Å². The number of aromatic amines is 1. The SMILES string of the molecule is O=Cc1ccc(C(=O)Nc2cccc3c4c([nH]c23)[C@@H]2Oc3c(O)ccc5c3[C@@]23CCN(CC2CC2)[C@@H](C5)[C@]3(O)C4)cc1C=O. The fourth-order valence-corrected chi connectivity index (χ4v) is 8.87. The molecular weight excluding hydrogens is 558 g/mol. The van der Waals surface area contributed by atoms with Crippen molar-refractivity contribution in [3.05, 3.63) is 87.6 Å². The lowest BCUT2D eigenvalue weighted by Crippen LogP contribution is -2.74. The summed E-state index contributed by atoms with van der Waals surface area (Å²) in [5, 5.41) is 27.9. The second-order valence-corrected chi connectivity index (χ2v) is 13.2. The lowest BCUT2D eigenvalue weighted by Gasteiger charge is -2.62. The number of fused-ring (bicyclic) bond motifs is 4. The van der Waals surface area contributed by atoms with Gasteiger partial charge < -0.3 is 25.3 Å². The van der Waals surface area contributed by atoms with Crippen LogP contribution in [0.3, 0.4) is 0 Å². The van der Waals surface area contributed by atoms with Crippen molar-refractivity contribution in [1.29, 1.82) is 0 Å². The second-order valence-electron chi connectivity index (χ2n) is 13.2. The van der Waals surface area contributed by atoms with Crippen molar-refractivity contribution in [2.24, 2.45) is 5.92 Å². The minimum absolute atomic E-state index is 0.0757. The van der Waals surface area contributed by atoms with Gasteiger partial charge in [-0.25, -0.2) is 0 Å². The molecule has 1 saturated carbocycles. The largest absolute Gasteiger partial charge is 0.504 e. The predicted molar refractivity (Wildman–Crippen MR) is 162 cm³/mol. The number of benzene rings is 3. The van der Waals surface area contributed by atoms with Crippen LogP contribution in [0, 0.1) is 5.92 Å². The molecule has 44 heavy (non-hydrogen) atoms. The molecular formula is C35H31N3O6. The normalized spacial score (nSPS) is 27.8. The molecule has 4 aromatic rings. The van der Waals surface area contributed by atoms with Gasteiger partial charge in [-0.1, -0.05) is 24.3 Å². The summed E-state index contributed by atoms with van der Waals surface area (Å²) in [4.78, 5) is 42.2. The Hall–Kier alpha value is -4.47. The first-order chi connectivity index (χ1) is 21.4. The number of hydrogen-bond donors (Lipinski definition) is 4. The molecule has 5 aliphatic rings. The van der Waals surface area contributed by atoms with Crippen LogP contribution in [0.25, 0.3) is 10.9 Å². The zero-order valence-corrected chi connectivity index (χ0v) is 23.9. The van der Waals surface area contributed by atoms with E-state index in [0.717, 1.165) is 52.8 Å². The van der Waals surface area contributed by atoms with Gasteiger partial charge in [0, 0.05) is 46.6 Å². The highest BCUT2D eigenvalue weighted by atomic mass is 16.5. The number of ether oxygens (including phenoxy) is 1. The predicted octanol–water partition coefficient (Wildman–Crippen LogP) is 4.45. The van der Waals surface area contributed by atoms with E-state index in [4.69, 9.17) is 4.74 Å². The van der Waals surface area contributed by atoms with Crippen LogP contribution in [0.1, 0.15) is 78.8 Å². The average Bonchev–Trinajstić information content (AvgIpc) is 3.66. The van der Waals surface area contributed by atoms with E-state index in [9.17, 15) is 24.6 Å². The maximum absolute atomic E-state index is 13.3. The van der Waals surface area contributed by atoms with E-state index >= 15 is 0 Å². The molecule has 2 fully saturated rings. The van der Waals surface area contributed by atoms with Crippen LogP contribution < -0.4 is 10.1 Å². The first-order valence-electron chi connectivity index (χ1n) is 15.3. The van der Waals surface area contributed by atoms with E-state index in [2.05, 4.69) is 15.2 Å². The molecule has 9 rings (SSSR count). The molecule has 0 unspecified atom stereocenters. The fraction of sp³-hybridized carbons (Fsp3) is 0.343. The third-order valence-electron chi connectivity index (χ3n) is 11.0. The number of phenolic OH excluding ortho intramolecular Hbond substituents is 1. The van der Waals surface area contributed by atoms with Crippen molar-refractivity contribution in [3.63, 3.8) is 0 Å². The zero-order valence-electron chi connectivity index (χ0n) is 23.9. The molecule has 1 spiro atoms. The van der Waals surface area contributed by atoms with Crippen LogP contribution in [-0.4, -0.2) is 63.3 Å². The summed E-state index contributed by atoms with van der Waals surface area (Å²) in [7, 11) is 0. The van der Waals surface area contributed by atoms with Crippen molar-refractivity contribution in [3.8, 4) is 11.5 Å². The minimum Gasteiger partial charge on any atom is -0.504 e. The number of anilines is 1. The van der Waals surface area contributed by atoms with Crippen LogP contribution in [-0.2, 0) is 18.3 Å². The van der Waals surface area contributed by atoms with Crippen molar-refractivity contribution >= 4 is 35.1 Å². The van der Waals surface area contributed by atoms with Gasteiger partial charge in [0.2, 0.25) is 0 Å². The molecule has 222 valence electrons. The number of amides is 1. The number of phenols is 1. The molecule has 0 radical (unpaired) electrons. The Labute approximate surface area is 252 Å². The number of likely N-dealkylation sites (tertiary alicyclic amines) is 1. The van der Waals surface area contributed by atoms with Gasteiger partial charge in [0.05, 0.1) is 27.9 Å². The molecule has 3 heterocycles. The summed E-state index contributed by atoms with van der Waals surface area (Å²) < 4.78 is 6.69. The number of carbonyl (C=O) groups is 3. The Morgan fingerprint density at radius 1 is 1.11 bits per heavy atom. The first-order valence-corrected chi connectivity index (χ1v) is 15.3. The molecule has 2 aliphatic heterocycles. The molecule has 1 saturated heterocycles. The van der Waals surface area contributed by atoms with E-state index in [1.807, 2.05) is 24.3 Å². The zero-order chi connectivity index (χ0) is 30.0. The highest BCUT2D eigenvalue weighted by Crippen LogP contribution is 2.69. The number of aliphatic hydroxyl groups is 1. The van der Waals surface area contributed by atoms with E-state index in [1.54, 1.807) is 6.07 Å². The number of hydrogen-bond acceptors (Lipinski definition) is 7. The summed E-state index contributed by atoms with van der Waals surface area (Å²) in [6.45, 7) is 1.85. The average molecular weight is 590 g/mol. The Balaban J connectivity index is 1.17. The summed E-state index contributed by atoms with van der Waals surface area (Å²) in [6.07, 6.45) is 4.96. The third kappa shape index (κ3) is 3.23. The fourth-order valence-electron chi connectivity index (χ4n) is 8.87. The molecule has 3 aromatic carbocycles. The van der Waals surface area contributed by atoms with Crippen molar-refractivity contribution in [2.45, 2.75) is 55.3 Å². The molecule has 4 atom stereocenters. The second kappa shape index (κ2) is 8.80. The van der Waals surface area contributed by atoms with Crippen molar-refractivity contribution in [1.82, 2.24) is 9.88 Å². The molecule has 4 N–H and O–H groups in total. The van der Waals surface area contributed by atoms with Gasteiger partial charge in [0.25, 0.3) is 5.91 Å². The number of nitrogens with zero attached hydrogens (tertiary/aromatic N) is 1. The molecule has 3 aliphatic carbocycles. The van der Waals surface area contributed by atoms with Gasteiger partial charge in [-0.2, -0.15) is 0 Å². The number of aromatic hydroxyl groups is 1. The van der Waals surface area contributed by atoms with Gasteiger partial charge >= 0.3 is 0 Å². The molecule has 1 aromatic heterocycles. The number of aldehydes is 2.